The Labute approximate surface area is 112 Å². The van der Waals surface area contributed by atoms with Crippen molar-refractivity contribution in [2.24, 2.45) is 0 Å². The summed E-state index contributed by atoms with van der Waals surface area (Å²) >= 11 is 5.94. The molecule has 0 spiro atoms. The highest BCUT2D eigenvalue weighted by Crippen LogP contribution is 2.27. The summed E-state index contributed by atoms with van der Waals surface area (Å²) in [6.45, 7) is 2.02. The molecule has 0 radical (unpaired) electrons. The van der Waals surface area contributed by atoms with Crippen LogP contribution in [0, 0.1) is 12.7 Å². The monoisotopic (exact) mass is 263 g/mol. The minimum Gasteiger partial charge on any atom is -0.309 e. The van der Waals surface area contributed by atoms with Crippen molar-refractivity contribution in [2.45, 2.75) is 13.0 Å². The Kier molecular flexibility index (Phi) is 4.00. The van der Waals surface area contributed by atoms with Crippen LogP contribution in [0.1, 0.15) is 22.7 Å². The molecule has 0 bridgehead atoms. The molecule has 2 aromatic rings. The average molecular weight is 264 g/mol. The highest BCUT2D eigenvalue weighted by Gasteiger charge is 2.16. The second-order valence-corrected chi connectivity index (χ2v) is 4.74. The van der Waals surface area contributed by atoms with Crippen LogP contribution in [0.5, 0.6) is 0 Å². The van der Waals surface area contributed by atoms with Crippen molar-refractivity contribution >= 4 is 11.6 Å². The molecule has 2 aromatic carbocycles. The van der Waals surface area contributed by atoms with E-state index in [9.17, 15) is 4.39 Å². The van der Waals surface area contributed by atoms with E-state index in [4.69, 9.17) is 11.6 Å². The Morgan fingerprint density at radius 3 is 2.61 bits per heavy atom. The summed E-state index contributed by atoms with van der Waals surface area (Å²) in [5.74, 6) is -0.250. The lowest BCUT2D eigenvalue weighted by Crippen LogP contribution is -2.19. The topological polar surface area (TPSA) is 12.0 Å². The van der Waals surface area contributed by atoms with Crippen molar-refractivity contribution in [3.63, 3.8) is 0 Å². The molecular weight excluding hydrogens is 249 g/mol. The first-order chi connectivity index (χ1) is 8.61. The van der Waals surface area contributed by atoms with Crippen LogP contribution in [0.2, 0.25) is 5.02 Å². The largest absolute Gasteiger partial charge is 0.309 e. The third-order valence-electron chi connectivity index (χ3n) is 2.93. The number of hydrogen-bond acceptors (Lipinski definition) is 1. The lowest BCUT2D eigenvalue weighted by atomic mass is 9.97. The van der Waals surface area contributed by atoms with E-state index in [1.807, 2.05) is 38.2 Å². The highest BCUT2D eigenvalue weighted by atomic mass is 35.5. The van der Waals surface area contributed by atoms with Crippen molar-refractivity contribution in [3.8, 4) is 0 Å². The van der Waals surface area contributed by atoms with Gasteiger partial charge in [0.1, 0.15) is 5.82 Å². The number of rotatable bonds is 3. The minimum atomic E-state index is -0.250. The minimum absolute atomic E-state index is 0.191. The van der Waals surface area contributed by atoms with Gasteiger partial charge in [-0.15, -0.1) is 0 Å². The van der Waals surface area contributed by atoms with Gasteiger partial charge < -0.3 is 5.32 Å². The average Bonchev–Trinajstić information content (AvgIpc) is 2.35. The fourth-order valence-electron chi connectivity index (χ4n) is 2.09. The number of aryl methyl sites for hydroxylation is 1. The number of hydrogen-bond donors (Lipinski definition) is 1. The summed E-state index contributed by atoms with van der Waals surface area (Å²) in [5, 5.41) is 3.67. The van der Waals surface area contributed by atoms with Gasteiger partial charge in [0.2, 0.25) is 0 Å². The molecule has 1 N–H and O–H groups in total. The fraction of sp³-hybridized carbons (Fsp3) is 0.200. The molecule has 0 aliphatic heterocycles. The molecule has 0 saturated carbocycles. The Hall–Kier alpha value is -1.38. The van der Waals surface area contributed by atoms with Gasteiger partial charge >= 0.3 is 0 Å². The summed E-state index contributed by atoms with van der Waals surface area (Å²) in [5.41, 5.74) is 2.74. The van der Waals surface area contributed by atoms with Gasteiger partial charge in [0.25, 0.3) is 0 Å². The van der Waals surface area contributed by atoms with Gasteiger partial charge in [-0.25, -0.2) is 4.39 Å². The van der Waals surface area contributed by atoms with Gasteiger partial charge in [-0.05, 0) is 37.7 Å². The third-order valence-corrected chi connectivity index (χ3v) is 3.17. The quantitative estimate of drug-likeness (QED) is 0.879. The van der Waals surface area contributed by atoms with Crippen LogP contribution >= 0.6 is 11.6 Å². The van der Waals surface area contributed by atoms with Crippen LogP contribution in [-0.4, -0.2) is 7.05 Å². The van der Waals surface area contributed by atoms with E-state index in [-0.39, 0.29) is 11.9 Å². The molecule has 3 heteroatoms. The molecule has 0 fully saturated rings. The van der Waals surface area contributed by atoms with Gasteiger partial charge in [0, 0.05) is 10.6 Å². The maximum absolute atomic E-state index is 13.9. The van der Waals surface area contributed by atoms with Crippen LogP contribution in [-0.2, 0) is 0 Å². The molecule has 0 aromatic heterocycles. The summed E-state index contributed by atoms with van der Waals surface area (Å²) in [4.78, 5) is 0. The molecule has 1 atom stereocenters. The van der Waals surface area contributed by atoms with E-state index < -0.39 is 0 Å². The predicted octanol–water partition coefficient (Wildman–Crippen LogP) is 4.10. The van der Waals surface area contributed by atoms with E-state index in [1.165, 1.54) is 6.07 Å². The molecule has 18 heavy (non-hydrogen) atoms. The number of benzene rings is 2. The zero-order valence-electron chi connectivity index (χ0n) is 10.4. The smallest absolute Gasteiger partial charge is 0.128 e. The van der Waals surface area contributed by atoms with Crippen molar-refractivity contribution in [1.82, 2.24) is 5.32 Å². The van der Waals surface area contributed by atoms with Crippen LogP contribution < -0.4 is 5.32 Å². The fourth-order valence-corrected chi connectivity index (χ4v) is 2.27. The molecule has 0 amide bonds. The standard InChI is InChI=1S/C15H15ClFN/c1-10-4-3-5-11(8-10)15(18-2)13-9-12(16)6-7-14(13)17/h3-9,15,18H,1-2H3. The Morgan fingerprint density at radius 1 is 1.17 bits per heavy atom. The summed E-state index contributed by atoms with van der Waals surface area (Å²) in [6, 6.07) is 12.4. The van der Waals surface area contributed by atoms with Gasteiger partial charge in [0.05, 0.1) is 6.04 Å². The lowest BCUT2D eigenvalue weighted by Gasteiger charge is -2.18. The molecule has 1 nitrogen and oxygen atoms in total. The van der Waals surface area contributed by atoms with E-state index in [0.717, 1.165) is 11.1 Å². The van der Waals surface area contributed by atoms with E-state index in [1.54, 1.807) is 12.1 Å². The maximum atomic E-state index is 13.9. The summed E-state index contributed by atoms with van der Waals surface area (Å²) < 4.78 is 13.9. The van der Waals surface area contributed by atoms with Gasteiger partial charge in [-0.2, -0.15) is 0 Å². The summed E-state index contributed by atoms with van der Waals surface area (Å²) in [7, 11) is 1.81. The lowest BCUT2D eigenvalue weighted by molar-refractivity contribution is 0.576. The van der Waals surface area contributed by atoms with Crippen molar-refractivity contribution < 1.29 is 4.39 Å². The third kappa shape index (κ3) is 2.71. The van der Waals surface area contributed by atoms with Crippen molar-refractivity contribution in [2.75, 3.05) is 7.05 Å². The molecule has 1 unspecified atom stereocenters. The maximum Gasteiger partial charge on any atom is 0.128 e. The van der Waals surface area contributed by atoms with E-state index in [2.05, 4.69) is 5.32 Å². The first-order valence-electron chi connectivity index (χ1n) is 5.80. The zero-order valence-corrected chi connectivity index (χ0v) is 11.1. The molecule has 0 aliphatic carbocycles. The Morgan fingerprint density at radius 2 is 1.94 bits per heavy atom. The normalized spacial score (nSPS) is 12.4. The van der Waals surface area contributed by atoms with Gasteiger partial charge in [-0.3, -0.25) is 0 Å². The molecule has 0 aliphatic rings. The van der Waals surface area contributed by atoms with E-state index >= 15 is 0 Å². The second kappa shape index (κ2) is 5.51. The predicted molar refractivity (Wildman–Crippen MR) is 73.5 cm³/mol. The van der Waals surface area contributed by atoms with E-state index in [0.29, 0.717) is 10.6 Å². The van der Waals surface area contributed by atoms with Crippen LogP contribution in [0.15, 0.2) is 42.5 Å². The first-order valence-corrected chi connectivity index (χ1v) is 6.18. The van der Waals surface area contributed by atoms with Crippen LogP contribution in [0.4, 0.5) is 4.39 Å². The zero-order chi connectivity index (χ0) is 13.1. The molecule has 0 heterocycles. The van der Waals surface area contributed by atoms with Gasteiger partial charge in [0.15, 0.2) is 0 Å². The SMILES string of the molecule is CNC(c1cccc(C)c1)c1cc(Cl)ccc1F. The van der Waals surface area contributed by atoms with Gasteiger partial charge in [-0.1, -0.05) is 41.4 Å². The highest BCUT2D eigenvalue weighted by molar-refractivity contribution is 6.30. The van der Waals surface area contributed by atoms with Crippen molar-refractivity contribution in [3.05, 3.63) is 70.0 Å². The second-order valence-electron chi connectivity index (χ2n) is 4.30. The van der Waals surface area contributed by atoms with Crippen molar-refractivity contribution in [1.29, 1.82) is 0 Å². The molecule has 2 rings (SSSR count). The van der Waals surface area contributed by atoms with Crippen LogP contribution in [0.3, 0.4) is 0 Å². The number of nitrogens with one attached hydrogen (secondary N) is 1. The molecular formula is C15H15ClFN. The Balaban J connectivity index is 2.48. The Bertz CT molecular complexity index is 554. The molecule has 0 saturated heterocycles. The van der Waals surface area contributed by atoms with Crippen LogP contribution in [0.25, 0.3) is 0 Å². The summed E-state index contributed by atoms with van der Waals surface area (Å²) in [6.07, 6.45) is 0. The first kappa shape index (κ1) is 13.1. The molecule has 94 valence electrons. The number of halogens is 2.